The first-order valence-corrected chi connectivity index (χ1v) is 11.8. The fourth-order valence-electron chi connectivity index (χ4n) is 4.74. The molecule has 10 nitrogen and oxygen atoms in total. The van der Waals surface area contributed by atoms with Crippen LogP contribution >= 0.6 is 0 Å². The van der Waals surface area contributed by atoms with Crippen LogP contribution in [0.15, 0.2) is 42.9 Å². The van der Waals surface area contributed by atoms with Crippen molar-refractivity contribution in [1.82, 2.24) is 24.6 Å². The van der Waals surface area contributed by atoms with E-state index < -0.39 is 5.60 Å². The lowest BCUT2D eigenvalue weighted by Crippen LogP contribution is -2.71. The molecule has 6 heterocycles. The first-order valence-electron chi connectivity index (χ1n) is 11.8. The molecule has 35 heavy (non-hydrogen) atoms. The monoisotopic (exact) mass is 476 g/mol. The molecular formula is C25H28N6O4. The van der Waals surface area contributed by atoms with E-state index >= 15 is 0 Å². The van der Waals surface area contributed by atoms with Crippen LogP contribution < -0.4 is 9.64 Å². The average Bonchev–Trinajstić information content (AvgIpc) is 3.27. The van der Waals surface area contributed by atoms with Gasteiger partial charge in [-0.1, -0.05) is 0 Å². The molecule has 3 aliphatic heterocycles. The molecule has 0 unspecified atom stereocenters. The number of amides is 1. The van der Waals surface area contributed by atoms with Crippen LogP contribution in [0.4, 0.5) is 10.6 Å². The van der Waals surface area contributed by atoms with Gasteiger partial charge in [-0.15, -0.1) is 0 Å². The van der Waals surface area contributed by atoms with Gasteiger partial charge in [-0.2, -0.15) is 5.10 Å². The average molecular weight is 477 g/mol. The Bertz CT molecular complexity index is 1260. The number of fused-ring (bicyclic) bond motifs is 3. The molecule has 2 fully saturated rings. The lowest BCUT2D eigenvalue weighted by atomic mass is 9.92. The molecule has 1 amide bonds. The molecule has 0 bridgehead atoms. The van der Waals surface area contributed by atoms with Crippen molar-refractivity contribution in [3.05, 3.63) is 48.4 Å². The number of carbonyl (C=O) groups excluding carboxylic acids is 1. The lowest BCUT2D eigenvalue weighted by Gasteiger charge is -2.54. The SMILES string of the molecule is CC(C)(C)OC(=O)N1CCOC2(C1)CN(c1ccc(-n3cc4c(n3)-c3cccnc3OC4)cn1)C2. The number of carbonyl (C=O) groups is 1. The van der Waals surface area contributed by atoms with Crippen molar-refractivity contribution in [3.63, 3.8) is 0 Å². The van der Waals surface area contributed by atoms with Crippen LogP contribution in [-0.4, -0.2) is 74.7 Å². The highest BCUT2D eigenvalue weighted by Crippen LogP contribution is 2.36. The summed E-state index contributed by atoms with van der Waals surface area (Å²) in [4.78, 5) is 25.4. The van der Waals surface area contributed by atoms with Crippen LogP contribution in [-0.2, 0) is 16.1 Å². The van der Waals surface area contributed by atoms with Gasteiger partial charge in [-0.25, -0.2) is 19.4 Å². The van der Waals surface area contributed by atoms with Crippen molar-refractivity contribution < 1.29 is 19.0 Å². The minimum absolute atomic E-state index is 0.285. The molecule has 0 aliphatic carbocycles. The minimum atomic E-state index is -0.513. The Morgan fingerprint density at radius 1 is 1.14 bits per heavy atom. The first-order chi connectivity index (χ1) is 16.8. The molecule has 6 rings (SSSR count). The van der Waals surface area contributed by atoms with E-state index in [1.54, 1.807) is 11.1 Å². The molecule has 3 aromatic heterocycles. The summed E-state index contributed by atoms with van der Waals surface area (Å²) in [5.41, 5.74) is 2.78. The van der Waals surface area contributed by atoms with E-state index in [0.29, 0.717) is 45.3 Å². The molecule has 3 aliphatic rings. The van der Waals surface area contributed by atoms with Gasteiger partial charge in [0.15, 0.2) is 0 Å². The van der Waals surface area contributed by atoms with Crippen LogP contribution in [0.2, 0.25) is 0 Å². The van der Waals surface area contributed by atoms with Crippen molar-refractivity contribution in [1.29, 1.82) is 0 Å². The lowest BCUT2D eigenvalue weighted by molar-refractivity contribution is -0.121. The molecule has 1 spiro atoms. The maximum Gasteiger partial charge on any atom is 0.410 e. The Labute approximate surface area is 203 Å². The van der Waals surface area contributed by atoms with Gasteiger partial charge < -0.3 is 24.0 Å². The van der Waals surface area contributed by atoms with E-state index in [-0.39, 0.29) is 11.7 Å². The maximum atomic E-state index is 12.5. The number of ether oxygens (including phenoxy) is 3. The molecule has 3 aromatic rings. The Morgan fingerprint density at radius 2 is 2.00 bits per heavy atom. The van der Waals surface area contributed by atoms with Gasteiger partial charge in [0, 0.05) is 24.5 Å². The van der Waals surface area contributed by atoms with E-state index in [2.05, 4.69) is 14.9 Å². The minimum Gasteiger partial charge on any atom is -0.472 e. The number of aromatic nitrogens is 4. The summed E-state index contributed by atoms with van der Waals surface area (Å²) in [7, 11) is 0. The second-order valence-corrected chi connectivity index (χ2v) is 10.3. The summed E-state index contributed by atoms with van der Waals surface area (Å²) in [6.07, 6.45) is 5.23. The fourth-order valence-corrected chi connectivity index (χ4v) is 4.74. The number of pyridine rings is 2. The summed E-state index contributed by atoms with van der Waals surface area (Å²) in [5, 5.41) is 4.76. The van der Waals surface area contributed by atoms with Crippen LogP contribution in [0.3, 0.4) is 0 Å². The van der Waals surface area contributed by atoms with Gasteiger partial charge in [0.25, 0.3) is 0 Å². The number of morpholine rings is 1. The zero-order valence-corrected chi connectivity index (χ0v) is 20.1. The van der Waals surface area contributed by atoms with Gasteiger partial charge >= 0.3 is 6.09 Å². The summed E-state index contributed by atoms with van der Waals surface area (Å²) in [5.74, 6) is 1.48. The topological polar surface area (TPSA) is 94.8 Å². The molecule has 10 heteroatoms. The van der Waals surface area contributed by atoms with Crippen LogP contribution in [0.5, 0.6) is 5.88 Å². The molecule has 0 aromatic carbocycles. The third kappa shape index (κ3) is 4.07. The van der Waals surface area contributed by atoms with E-state index in [0.717, 1.165) is 28.3 Å². The van der Waals surface area contributed by atoms with E-state index in [4.69, 9.17) is 19.3 Å². The standard InChI is InChI=1S/C25H28N6O4/c1-24(2,3)35-23(32)29-9-10-34-25(14-29)15-30(16-25)20-7-6-18(11-27-20)31-12-17-13-33-22-19(21(17)28-31)5-4-8-26-22/h4-8,11-12H,9-10,13-16H2,1-3H3. The van der Waals surface area contributed by atoms with Gasteiger partial charge in [0.1, 0.15) is 29.3 Å². The van der Waals surface area contributed by atoms with Crippen molar-refractivity contribution in [2.75, 3.05) is 37.7 Å². The van der Waals surface area contributed by atoms with E-state index in [1.165, 1.54) is 0 Å². The second-order valence-electron chi connectivity index (χ2n) is 10.3. The molecule has 0 saturated carbocycles. The van der Waals surface area contributed by atoms with Crippen molar-refractivity contribution >= 4 is 11.9 Å². The Balaban J connectivity index is 1.12. The summed E-state index contributed by atoms with van der Waals surface area (Å²) >= 11 is 0. The highest BCUT2D eigenvalue weighted by Gasteiger charge is 2.49. The summed E-state index contributed by atoms with van der Waals surface area (Å²) in [6.45, 7) is 9.01. The normalized spacial score (nSPS) is 18.4. The fraction of sp³-hybridized carbons (Fsp3) is 0.440. The third-order valence-electron chi connectivity index (χ3n) is 6.36. The van der Waals surface area contributed by atoms with Crippen molar-refractivity contribution in [2.45, 2.75) is 38.6 Å². The predicted molar refractivity (Wildman–Crippen MR) is 128 cm³/mol. The van der Waals surface area contributed by atoms with Gasteiger partial charge in [-0.05, 0) is 45.0 Å². The Kier molecular flexibility index (Phi) is 4.96. The smallest absolute Gasteiger partial charge is 0.410 e. The number of hydrogen-bond donors (Lipinski definition) is 0. The third-order valence-corrected chi connectivity index (χ3v) is 6.36. The highest BCUT2D eigenvalue weighted by atomic mass is 16.6. The molecule has 0 radical (unpaired) electrons. The molecule has 2 saturated heterocycles. The summed E-state index contributed by atoms with van der Waals surface area (Å²) in [6, 6.07) is 7.85. The highest BCUT2D eigenvalue weighted by molar-refractivity contribution is 5.70. The zero-order chi connectivity index (χ0) is 24.2. The van der Waals surface area contributed by atoms with Crippen molar-refractivity contribution in [3.8, 4) is 22.8 Å². The molecule has 182 valence electrons. The van der Waals surface area contributed by atoms with Crippen LogP contribution in [0, 0.1) is 0 Å². The number of nitrogens with zero attached hydrogens (tertiary/aromatic N) is 6. The van der Waals surface area contributed by atoms with E-state index in [9.17, 15) is 4.79 Å². The van der Waals surface area contributed by atoms with Gasteiger partial charge in [0.05, 0.1) is 43.7 Å². The second kappa shape index (κ2) is 7.94. The summed E-state index contributed by atoms with van der Waals surface area (Å²) < 4.78 is 19.2. The number of anilines is 1. The first kappa shape index (κ1) is 21.8. The molecular weight excluding hydrogens is 448 g/mol. The zero-order valence-electron chi connectivity index (χ0n) is 20.1. The largest absolute Gasteiger partial charge is 0.472 e. The van der Waals surface area contributed by atoms with Gasteiger partial charge in [0.2, 0.25) is 5.88 Å². The van der Waals surface area contributed by atoms with Gasteiger partial charge in [-0.3, -0.25) is 0 Å². The van der Waals surface area contributed by atoms with E-state index in [1.807, 2.05) is 62.1 Å². The Hall–Kier alpha value is -3.66. The maximum absolute atomic E-state index is 12.5. The predicted octanol–water partition coefficient (Wildman–Crippen LogP) is 3.05. The van der Waals surface area contributed by atoms with Crippen LogP contribution in [0.1, 0.15) is 26.3 Å². The van der Waals surface area contributed by atoms with Crippen LogP contribution in [0.25, 0.3) is 16.9 Å². The van der Waals surface area contributed by atoms with Crippen molar-refractivity contribution in [2.24, 2.45) is 0 Å². The number of rotatable bonds is 2. The number of hydrogen-bond acceptors (Lipinski definition) is 8. The molecule has 0 atom stereocenters. The Morgan fingerprint density at radius 3 is 2.77 bits per heavy atom. The quantitative estimate of drug-likeness (QED) is 0.557. The molecule has 0 N–H and O–H groups in total.